The SMILES string of the molecule is C#CCn1c(=NC(=O)Cc2ccc(OC)c(C)c2)sc2cc(F)cc(F)c21. The van der Waals surface area contributed by atoms with Crippen molar-refractivity contribution < 1.29 is 18.3 Å². The van der Waals surface area contributed by atoms with Crippen molar-refractivity contribution in [3.63, 3.8) is 0 Å². The van der Waals surface area contributed by atoms with Crippen LogP contribution >= 0.6 is 11.3 Å². The minimum Gasteiger partial charge on any atom is -0.496 e. The number of aryl methyl sites for hydroxylation is 1. The molecule has 0 saturated heterocycles. The Morgan fingerprint density at radius 2 is 2.11 bits per heavy atom. The van der Waals surface area contributed by atoms with Crippen LogP contribution < -0.4 is 9.54 Å². The Bertz CT molecular complexity index is 1140. The number of halogens is 2. The van der Waals surface area contributed by atoms with Crippen LogP contribution in [-0.2, 0) is 17.8 Å². The quantitative estimate of drug-likeness (QED) is 0.643. The number of hydrogen-bond acceptors (Lipinski definition) is 3. The van der Waals surface area contributed by atoms with Crippen LogP contribution in [0.5, 0.6) is 5.75 Å². The van der Waals surface area contributed by atoms with Gasteiger partial charge in [0.05, 0.1) is 30.3 Å². The molecule has 0 saturated carbocycles. The highest BCUT2D eigenvalue weighted by Crippen LogP contribution is 2.22. The number of hydrogen-bond donors (Lipinski definition) is 0. The second kappa shape index (κ2) is 7.72. The highest BCUT2D eigenvalue weighted by atomic mass is 32.1. The number of amides is 1. The van der Waals surface area contributed by atoms with Crippen molar-refractivity contribution in [3.8, 4) is 18.1 Å². The predicted molar refractivity (Wildman–Crippen MR) is 101 cm³/mol. The molecule has 1 amide bonds. The minimum atomic E-state index is -0.740. The van der Waals surface area contributed by atoms with Gasteiger partial charge in [-0.25, -0.2) is 8.78 Å². The molecular formula is C20H16F2N2O2S. The molecule has 0 atom stereocenters. The Morgan fingerprint density at radius 3 is 2.78 bits per heavy atom. The fourth-order valence-corrected chi connectivity index (χ4v) is 3.91. The van der Waals surface area contributed by atoms with Gasteiger partial charge < -0.3 is 9.30 Å². The van der Waals surface area contributed by atoms with Gasteiger partial charge in [0.25, 0.3) is 5.91 Å². The molecule has 7 heteroatoms. The molecule has 3 aromatic rings. The molecule has 27 heavy (non-hydrogen) atoms. The van der Waals surface area contributed by atoms with Crippen molar-refractivity contribution >= 4 is 27.5 Å². The Hall–Kier alpha value is -2.98. The van der Waals surface area contributed by atoms with Gasteiger partial charge >= 0.3 is 0 Å². The highest BCUT2D eigenvalue weighted by Gasteiger charge is 2.13. The number of nitrogens with zero attached hydrogens (tertiary/aromatic N) is 2. The van der Waals surface area contributed by atoms with Crippen LogP contribution in [0.15, 0.2) is 35.3 Å². The minimum absolute atomic E-state index is 0.0241. The second-order valence-electron chi connectivity index (χ2n) is 5.90. The molecular weight excluding hydrogens is 370 g/mol. The van der Waals surface area contributed by atoms with Gasteiger partial charge in [-0.1, -0.05) is 29.4 Å². The van der Waals surface area contributed by atoms with Gasteiger partial charge in [-0.05, 0) is 30.2 Å². The van der Waals surface area contributed by atoms with Crippen molar-refractivity contribution in [2.24, 2.45) is 4.99 Å². The first-order valence-corrected chi connectivity index (χ1v) is 8.87. The van der Waals surface area contributed by atoms with E-state index in [2.05, 4.69) is 10.9 Å². The summed E-state index contributed by atoms with van der Waals surface area (Å²) in [5.74, 6) is 1.31. The Morgan fingerprint density at radius 1 is 1.33 bits per heavy atom. The smallest absolute Gasteiger partial charge is 0.252 e. The van der Waals surface area contributed by atoms with Gasteiger partial charge in [0.2, 0.25) is 0 Å². The van der Waals surface area contributed by atoms with Crippen LogP contribution in [0, 0.1) is 30.9 Å². The van der Waals surface area contributed by atoms with Gasteiger partial charge in [0.1, 0.15) is 11.6 Å². The fraction of sp³-hybridized carbons (Fsp3) is 0.200. The van der Waals surface area contributed by atoms with E-state index in [0.717, 1.165) is 34.3 Å². The maximum atomic E-state index is 14.2. The van der Waals surface area contributed by atoms with Gasteiger partial charge in [0.15, 0.2) is 10.6 Å². The van der Waals surface area contributed by atoms with Crippen molar-refractivity contribution in [2.45, 2.75) is 19.9 Å². The number of terminal acetylenes is 1. The molecule has 1 aromatic heterocycles. The first-order chi connectivity index (χ1) is 12.9. The predicted octanol–water partition coefficient (Wildman–Crippen LogP) is 3.60. The van der Waals surface area contributed by atoms with E-state index in [0.29, 0.717) is 4.70 Å². The number of carbonyl (C=O) groups excluding carboxylic acids is 1. The van der Waals surface area contributed by atoms with Crippen LogP contribution in [0.4, 0.5) is 8.78 Å². The lowest BCUT2D eigenvalue weighted by molar-refractivity contribution is -0.117. The number of fused-ring (bicyclic) bond motifs is 1. The first kappa shape index (κ1) is 18.8. The van der Waals surface area contributed by atoms with Crippen LogP contribution in [0.2, 0.25) is 0 Å². The Labute approximate surface area is 158 Å². The molecule has 0 N–H and O–H groups in total. The molecule has 1 heterocycles. The first-order valence-electron chi connectivity index (χ1n) is 8.06. The molecule has 0 spiro atoms. The lowest BCUT2D eigenvalue weighted by Gasteiger charge is -2.06. The molecule has 0 aliphatic rings. The third-order valence-corrected chi connectivity index (χ3v) is 5.00. The molecule has 4 nitrogen and oxygen atoms in total. The van der Waals surface area contributed by atoms with E-state index < -0.39 is 17.5 Å². The van der Waals surface area contributed by atoms with Crippen molar-refractivity contribution in [2.75, 3.05) is 7.11 Å². The number of methoxy groups -OCH3 is 1. The number of thiazole rings is 1. The topological polar surface area (TPSA) is 43.6 Å². The molecule has 138 valence electrons. The normalized spacial score (nSPS) is 11.6. The third-order valence-electron chi connectivity index (χ3n) is 3.98. The molecule has 3 rings (SSSR count). The van der Waals surface area contributed by atoms with Crippen LogP contribution in [0.3, 0.4) is 0 Å². The number of ether oxygens (including phenoxy) is 1. The molecule has 0 aliphatic heterocycles. The third kappa shape index (κ3) is 3.91. The maximum Gasteiger partial charge on any atom is 0.252 e. The molecule has 0 bridgehead atoms. The van der Waals surface area contributed by atoms with Gasteiger partial charge in [-0.2, -0.15) is 4.99 Å². The van der Waals surface area contributed by atoms with Crippen LogP contribution in [0.1, 0.15) is 11.1 Å². The lowest BCUT2D eigenvalue weighted by atomic mass is 10.1. The summed E-state index contributed by atoms with van der Waals surface area (Å²) in [6.07, 6.45) is 5.43. The zero-order valence-corrected chi connectivity index (χ0v) is 15.6. The maximum absolute atomic E-state index is 14.2. The summed E-state index contributed by atoms with van der Waals surface area (Å²) in [6, 6.07) is 7.41. The Kier molecular flexibility index (Phi) is 5.38. The molecule has 0 aliphatic carbocycles. The molecule has 0 unspecified atom stereocenters. The van der Waals surface area contributed by atoms with Crippen LogP contribution in [-0.4, -0.2) is 17.6 Å². The van der Waals surface area contributed by atoms with E-state index in [4.69, 9.17) is 11.2 Å². The molecule has 0 radical (unpaired) electrons. The zero-order chi connectivity index (χ0) is 19.6. The summed E-state index contributed by atoms with van der Waals surface area (Å²) in [4.78, 5) is 16.7. The number of benzene rings is 2. The fourth-order valence-electron chi connectivity index (χ4n) is 2.82. The summed E-state index contributed by atoms with van der Waals surface area (Å²) < 4.78 is 34.6. The van der Waals surface area contributed by atoms with E-state index in [1.165, 1.54) is 10.6 Å². The second-order valence-corrected chi connectivity index (χ2v) is 6.90. The van der Waals surface area contributed by atoms with E-state index in [1.807, 2.05) is 13.0 Å². The van der Waals surface area contributed by atoms with Gasteiger partial charge in [0, 0.05) is 6.07 Å². The van der Waals surface area contributed by atoms with E-state index in [9.17, 15) is 13.6 Å². The summed E-state index contributed by atoms with van der Waals surface area (Å²) in [6.45, 7) is 1.91. The largest absolute Gasteiger partial charge is 0.496 e. The summed E-state index contributed by atoms with van der Waals surface area (Å²) in [7, 11) is 1.58. The van der Waals surface area contributed by atoms with Crippen LogP contribution in [0.25, 0.3) is 10.2 Å². The average molecular weight is 386 g/mol. The zero-order valence-electron chi connectivity index (χ0n) is 14.8. The van der Waals surface area contributed by atoms with Crippen molar-refractivity contribution in [1.82, 2.24) is 4.57 Å². The lowest BCUT2D eigenvalue weighted by Crippen LogP contribution is -2.17. The summed E-state index contributed by atoms with van der Waals surface area (Å²) >= 11 is 1.02. The molecule has 2 aromatic carbocycles. The van der Waals surface area contributed by atoms with E-state index in [-0.39, 0.29) is 23.3 Å². The standard InChI is InChI=1S/C20H16F2N2O2S/c1-4-7-24-19-15(22)10-14(21)11-17(19)27-20(24)23-18(25)9-13-5-6-16(26-3)12(2)8-13/h1,5-6,8,10-11H,7,9H2,2-3H3. The average Bonchev–Trinajstić information content (AvgIpc) is 2.92. The number of rotatable bonds is 4. The monoisotopic (exact) mass is 386 g/mol. The summed E-state index contributed by atoms with van der Waals surface area (Å²) in [5.41, 5.74) is 1.83. The highest BCUT2D eigenvalue weighted by molar-refractivity contribution is 7.16. The number of carbonyl (C=O) groups is 1. The van der Waals surface area contributed by atoms with Gasteiger partial charge in [-0.3, -0.25) is 4.79 Å². The van der Waals surface area contributed by atoms with Crippen molar-refractivity contribution in [3.05, 3.63) is 57.9 Å². The van der Waals surface area contributed by atoms with E-state index >= 15 is 0 Å². The van der Waals surface area contributed by atoms with Gasteiger partial charge in [-0.15, -0.1) is 6.42 Å². The Balaban J connectivity index is 2.01. The summed E-state index contributed by atoms with van der Waals surface area (Å²) in [5, 5.41) is 0. The van der Waals surface area contributed by atoms with E-state index in [1.54, 1.807) is 19.2 Å². The van der Waals surface area contributed by atoms with Crippen molar-refractivity contribution in [1.29, 1.82) is 0 Å². The number of aromatic nitrogens is 1. The molecule has 0 fully saturated rings.